The topological polar surface area (TPSA) is 86.5 Å². The molecule has 0 aromatic rings. The Morgan fingerprint density at radius 3 is 2.17 bits per heavy atom. The zero-order chi connectivity index (χ0) is 9.98. The Labute approximate surface area is 73.4 Å². The van der Waals surface area contributed by atoms with E-state index >= 15 is 0 Å². The van der Waals surface area contributed by atoms with Crippen molar-refractivity contribution >= 4 is 16.9 Å². The normalized spacial score (nSPS) is 8.50. The number of nitrogens with two attached hydrogens (primary N) is 1. The molecule has 0 saturated heterocycles. The van der Waals surface area contributed by atoms with Crippen LogP contribution >= 0.6 is 0 Å². The molecule has 12 heavy (non-hydrogen) atoms. The van der Waals surface area contributed by atoms with Crippen LogP contribution in [0, 0.1) is 0 Å². The van der Waals surface area contributed by atoms with Crippen LogP contribution in [0.5, 0.6) is 0 Å². The van der Waals surface area contributed by atoms with Crippen LogP contribution in [0.15, 0.2) is 12.7 Å². The number of carbonyl (C=O) groups is 1. The van der Waals surface area contributed by atoms with Gasteiger partial charge in [0.1, 0.15) is 0 Å². The fourth-order valence-electron chi connectivity index (χ4n) is 0.166. The standard InChI is InChI=1S/C3H5NO.C3H8O3S/c1-2-3(4)5;1-2-3-6-7(4)5/h2H,1H2,(H2,4,5);7H,2-3H2,1H3. The highest BCUT2D eigenvalue weighted by molar-refractivity contribution is 7.67. The van der Waals surface area contributed by atoms with Crippen molar-refractivity contribution in [2.24, 2.45) is 5.73 Å². The Morgan fingerprint density at radius 1 is 1.67 bits per heavy atom. The monoisotopic (exact) mass is 195 g/mol. The molecule has 0 radical (unpaired) electrons. The molecule has 2 N–H and O–H groups in total. The Balaban J connectivity index is 0. The third-order valence-electron chi connectivity index (χ3n) is 0.602. The highest BCUT2D eigenvalue weighted by atomic mass is 32.2. The predicted molar refractivity (Wildman–Crippen MR) is 45.9 cm³/mol. The lowest BCUT2D eigenvalue weighted by Gasteiger charge is -1.84. The van der Waals surface area contributed by atoms with E-state index in [4.69, 9.17) is 0 Å². The van der Waals surface area contributed by atoms with Gasteiger partial charge < -0.3 is 5.73 Å². The Bertz CT molecular complexity index is 192. The summed E-state index contributed by atoms with van der Waals surface area (Å²) >= 11 is 0. The zero-order valence-corrected chi connectivity index (χ0v) is 7.75. The largest absolute Gasteiger partial charge is 0.366 e. The maximum Gasteiger partial charge on any atom is 0.257 e. The van der Waals surface area contributed by atoms with E-state index in [-0.39, 0.29) is 0 Å². The van der Waals surface area contributed by atoms with E-state index in [1.165, 1.54) is 0 Å². The molecule has 1 amide bonds. The summed E-state index contributed by atoms with van der Waals surface area (Å²) in [6.45, 7) is 5.24. The van der Waals surface area contributed by atoms with Gasteiger partial charge in [-0.3, -0.25) is 8.98 Å². The van der Waals surface area contributed by atoms with Gasteiger partial charge in [0.2, 0.25) is 5.91 Å². The van der Waals surface area contributed by atoms with Gasteiger partial charge in [-0.2, -0.15) is 0 Å². The molecule has 0 rings (SSSR count). The number of amides is 1. The van der Waals surface area contributed by atoms with Crippen molar-refractivity contribution < 1.29 is 17.4 Å². The average Bonchev–Trinajstić information content (AvgIpc) is 2.02. The van der Waals surface area contributed by atoms with Gasteiger partial charge in [-0.05, 0) is 12.5 Å². The smallest absolute Gasteiger partial charge is 0.257 e. The van der Waals surface area contributed by atoms with Gasteiger partial charge >= 0.3 is 0 Å². The van der Waals surface area contributed by atoms with Gasteiger partial charge in [-0.25, -0.2) is 8.42 Å². The quantitative estimate of drug-likeness (QED) is 0.472. The second-order valence-corrected chi connectivity index (χ2v) is 2.37. The van der Waals surface area contributed by atoms with Crippen LogP contribution in [-0.4, -0.2) is 20.9 Å². The van der Waals surface area contributed by atoms with Gasteiger partial charge in [-0.1, -0.05) is 13.5 Å². The molecular weight excluding hydrogens is 182 g/mol. The first-order valence-electron chi connectivity index (χ1n) is 3.23. The third kappa shape index (κ3) is 22.9. The van der Waals surface area contributed by atoms with Gasteiger partial charge in [0.15, 0.2) is 0 Å². The van der Waals surface area contributed by atoms with E-state index in [0.29, 0.717) is 6.61 Å². The number of rotatable bonds is 4. The minimum Gasteiger partial charge on any atom is -0.366 e. The van der Waals surface area contributed by atoms with Crippen LogP contribution in [0.1, 0.15) is 13.3 Å². The van der Waals surface area contributed by atoms with E-state index < -0.39 is 16.9 Å². The first-order chi connectivity index (χ1) is 5.54. The molecule has 0 fully saturated rings. The van der Waals surface area contributed by atoms with Crippen LogP contribution in [0.2, 0.25) is 0 Å². The van der Waals surface area contributed by atoms with Crippen molar-refractivity contribution in [3.63, 3.8) is 0 Å². The van der Waals surface area contributed by atoms with Gasteiger partial charge in [-0.15, -0.1) is 0 Å². The first-order valence-corrected chi connectivity index (χ1v) is 4.33. The van der Waals surface area contributed by atoms with Gasteiger partial charge in [0, 0.05) is 0 Å². The highest BCUT2D eigenvalue weighted by Crippen LogP contribution is 1.76. The van der Waals surface area contributed by atoms with E-state index in [0.717, 1.165) is 12.5 Å². The molecule has 0 unspecified atom stereocenters. The predicted octanol–water partition coefficient (Wildman–Crippen LogP) is -0.403. The van der Waals surface area contributed by atoms with Gasteiger partial charge in [0.25, 0.3) is 11.0 Å². The molecule has 0 bridgehead atoms. The zero-order valence-electron chi connectivity index (χ0n) is 6.86. The lowest BCUT2D eigenvalue weighted by molar-refractivity contribution is -0.113. The van der Waals surface area contributed by atoms with E-state index in [1.807, 2.05) is 6.92 Å². The molecule has 6 heteroatoms. The molecule has 5 nitrogen and oxygen atoms in total. The number of carbonyl (C=O) groups excluding carboxylic acids is 1. The van der Waals surface area contributed by atoms with Crippen molar-refractivity contribution in [1.29, 1.82) is 0 Å². The van der Waals surface area contributed by atoms with Crippen molar-refractivity contribution in [1.82, 2.24) is 0 Å². The third-order valence-corrected chi connectivity index (χ3v) is 0.995. The van der Waals surface area contributed by atoms with Crippen LogP contribution in [0.4, 0.5) is 0 Å². The number of hydrogen-bond acceptors (Lipinski definition) is 4. The molecule has 0 spiro atoms. The van der Waals surface area contributed by atoms with E-state index in [2.05, 4.69) is 16.5 Å². The maximum absolute atomic E-state index is 9.57. The second-order valence-electron chi connectivity index (χ2n) is 1.66. The Hall–Kier alpha value is -0.880. The minimum atomic E-state index is -2.61. The number of primary amides is 1. The highest BCUT2D eigenvalue weighted by Gasteiger charge is 1.79. The summed E-state index contributed by atoms with van der Waals surface area (Å²) in [6, 6.07) is 0. The molecule has 0 aromatic heterocycles. The molecule has 72 valence electrons. The average molecular weight is 195 g/mol. The summed E-state index contributed by atoms with van der Waals surface area (Å²) in [5.74, 6) is -0.481. The summed E-state index contributed by atoms with van der Waals surface area (Å²) < 4.78 is 23.3. The molecule has 0 aromatic carbocycles. The summed E-state index contributed by atoms with van der Waals surface area (Å²) in [6.07, 6.45) is 1.79. The van der Waals surface area contributed by atoms with E-state index in [1.54, 1.807) is 0 Å². The Morgan fingerprint density at radius 2 is 2.08 bits per heavy atom. The lowest BCUT2D eigenvalue weighted by Crippen LogP contribution is -2.04. The molecule has 0 aliphatic heterocycles. The summed E-state index contributed by atoms with van der Waals surface area (Å²) in [5.41, 5.74) is 4.53. The Kier molecular flexibility index (Phi) is 11.5. The lowest BCUT2D eigenvalue weighted by atomic mass is 10.5. The summed E-state index contributed by atoms with van der Waals surface area (Å²) in [5, 5.41) is 0. The van der Waals surface area contributed by atoms with Gasteiger partial charge in [0.05, 0.1) is 6.61 Å². The number of thiol groups is 1. The van der Waals surface area contributed by atoms with Crippen molar-refractivity contribution in [3.05, 3.63) is 12.7 Å². The van der Waals surface area contributed by atoms with Crippen LogP contribution in [0.3, 0.4) is 0 Å². The van der Waals surface area contributed by atoms with E-state index in [9.17, 15) is 13.2 Å². The van der Waals surface area contributed by atoms with Crippen molar-refractivity contribution in [3.8, 4) is 0 Å². The minimum absolute atomic E-state index is 0.304. The van der Waals surface area contributed by atoms with Crippen LogP contribution in [0.25, 0.3) is 0 Å². The fraction of sp³-hybridized carbons (Fsp3) is 0.500. The molecule has 0 aliphatic rings. The fourth-order valence-corrected chi connectivity index (χ4v) is 0.497. The van der Waals surface area contributed by atoms with Crippen molar-refractivity contribution in [2.75, 3.05) is 6.61 Å². The van der Waals surface area contributed by atoms with Crippen molar-refractivity contribution in [2.45, 2.75) is 13.3 Å². The number of hydrogen-bond donors (Lipinski definition) is 2. The maximum atomic E-state index is 9.57. The van der Waals surface area contributed by atoms with Crippen LogP contribution < -0.4 is 5.73 Å². The molecular formula is C6H13NO4S. The summed E-state index contributed by atoms with van der Waals surface area (Å²) in [7, 11) is -2.61. The molecule has 0 heterocycles. The summed E-state index contributed by atoms with van der Waals surface area (Å²) in [4.78, 5) is 9.47. The molecule has 0 atom stereocenters. The molecule has 0 saturated carbocycles. The SMILES string of the molecule is C=CC(N)=O.CCCO[SH](=O)=O. The second kappa shape index (κ2) is 10.1. The molecule has 0 aliphatic carbocycles. The van der Waals surface area contributed by atoms with Crippen LogP contribution in [-0.2, 0) is 20.0 Å². The first kappa shape index (κ1) is 13.7.